The summed E-state index contributed by atoms with van der Waals surface area (Å²) in [5, 5.41) is 0. The third-order valence-electron chi connectivity index (χ3n) is 8.82. The van der Waals surface area contributed by atoms with Crippen LogP contribution in [0.15, 0.2) is 0 Å². The molecule has 0 aliphatic rings. The second kappa shape index (κ2) is 21.3. The molecule has 0 fully saturated rings. The Balaban J connectivity index is 6.23. The summed E-state index contributed by atoms with van der Waals surface area (Å²) in [6, 6.07) is 0. The molecule has 4 atom stereocenters. The molecule has 0 amide bonds. The van der Waals surface area contributed by atoms with Crippen LogP contribution in [0, 0.1) is 23.7 Å². The van der Waals surface area contributed by atoms with Crippen LogP contribution >= 0.6 is 0 Å². The van der Waals surface area contributed by atoms with E-state index < -0.39 is 16.1 Å². The van der Waals surface area contributed by atoms with Gasteiger partial charge in [0.1, 0.15) is 0 Å². The van der Waals surface area contributed by atoms with E-state index in [2.05, 4.69) is 55.4 Å². The Morgan fingerprint density at radius 3 is 1.00 bits per heavy atom. The zero-order valence-electron chi connectivity index (χ0n) is 26.2. The van der Waals surface area contributed by atoms with Crippen molar-refractivity contribution in [1.29, 1.82) is 0 Å². The summed E-state index contributed by atoms with van der Waals surface area (Å²) in [4.78, 5) is 0. The molecule has 0 rings (SSSR count). The van der Waals surface area contributed by atoms with Gasteiger partial charge in [-0.2, -0.15) is 0 Å². The van der Waals surface area contributed by atoms with Crippen LogP contribution in [0.4, 0.5) is 0 Å². The van der Waals surface area contributed by atoms with Crippen molar-refractivity contribution in [2.24, 2.45) is 23.7 Å². The van der Waals surface area contributed by atoms with Gasteiger partial charge >= 0.3 is 230 Å². The van der Waals surface area contributed by atoms with Crippen LogP contribution in [0.5, 0.6) is 0 Å². The Morgan fingerprint density at radius 2 is 0.750 bits per heavy atom. The fourth-order valence-corrected chi connectivity index (χ4v) is 13.8. The Hall–Kier alpha value is 0.434. The molecule has 4 unspecified atom stereocenters. The molecule has 0 radical (unpaired) electrons. The van der Waals surface area contributed by atoms with Crippen molar-refractivity contribution in [3.8, 4) is 0 Å². The molecular formula is C32H68O3Ti. The number of rotatable bonds is 26. The van der Waals surface area contributed by atoms with Crippen molar-refractivity contribution in [3.05, 3.63) is 0 Å². The molecule has 0 aliphatic heterocycles. The Bertz CT molecular complexity index is 514. The van der Waals surface area contributed by atoms with Gasteiger partial charge in [0.25, 0.3) is 0 Å². The Kier molecular flexibility index (Phi) is 21.5. The maximum atomic E-state index is 15.7. The summed E-state index contributed by atoms with van der Waals surface area (Å²) < 4.78 is 30.9. The molecule has 3 nitrogen and oxygen atoms in total. The van der Waals surface area contributed by atoms with Crippen molar-refractivity contribution < 1.29 is 26.0 Å². The van der Waals surface area contributed by atoms with Crippen molar-refractivity contribution in [1.82, 2.24) is 0 Å². The van der Waals surface area contributed by atoms with Crippen LogP contribution in [0.3, 0.4) is 0 Å². The van der Waals surface area contributed by atoms with Crippen LogP contribution in [-0.4, -0.2) is 13.2 Å². The van der Waals surface area contributed by atoms with Gasteiger partial charge in [0.15, 0.2) is 0 Å². The summed E-state index contributed by atoms with van der Waals surface area (Å²) in [5.41, 5.74) is 0. The van der Waals surface area contributed by atoms with E-state index >= 15 is 3.32 Å². The van der Waals surface area contributed by atoms with Gasteiger partial charge in [-0.3, -0.25) is 0 Å². The second-order valence-corrected chi connectivity index (χ2v) is 18.5. The normalized spacial score (nSPS) is 16.1. The summed E-state index contributed by atoms with van der Waals surface area (Å²) in [6.45, 7) is 19.4. The monoisotopic (exact) mass is 548 g/mol. The van der Waals surface area contributed by atoms with Gasteiger partial charge in [0.2, 0.25) is 0 Å². The van der Waals surface area contributed by atoms with Crippen LogP contribution in [0.2, 0.25) is 9.45 Å². The van der Waals surface area contributed by atoms with Gasteiger partial charge in [-0.15, -0.1) is 0 Å². The van der Waals surface area contributed by atoms with E-state index in [1.54, 1.807) is 0 Å². The first-order valence-corrected chi connectivity index (χ1v) is 20.6. The maximum absolute atomic E-state index is 15.7. The standard InChI is InChI=1S/2C8H17O.2C8H17.O.Ti/c2*1-3-5-6-8(4-2)7-9;2*1-4-6-7-8(3)5-2;;/h2*8H,3-7H2,1-2H3;2*8H,3-7H2,1-2H3;;/q2*-1;;;;+2. The van der Waals surface area contributed by atoms with Gasteiger partial charge in [0, 0.05) is 0 Å². The second-order valence-electron chi connectivity index (χ2n) is 12.1. The van der Waals surface area contributed by atoms with Crippen LogP contribution in [0.1, 0.15) is 158 Å². The van der Waals surface area contributed by atoms with Gasteiger partial charge in [0.05, 0.1) is 0 Å². The van der Waals surface area contributed by atoms with Crippen LogP contribution in [0.25, 0.3) is 0 Å². The summed E-state index contributed by atoms with van der Waals surface area (Å²) >= 11 is -4.96. The molecule has 0 heterocycles. The molecule has 218 valence electrons. The fraction of sp³-hybridized carbons (Fsp3) is 1.00. The van der Waals surface area contributed by atoms with Gasteiger partial charge in [-0.25, -0.2) is 0 Å². The van der Waals surface area contributed by atoms with Crippen LogP contribution < -0.4 is 0 Å². The summed E-state index contributed by atoms with van der Waals surface area (Å²) in [5.74, 6) is 1.85. The van der Waals surface area contributed by atoms with E-state index in [9.17, 15) is 0 Å². The summed E-state index contributed by atoms with van der Waals surface area (Å²) in [6.07, 6.45) is 18.6. The molecule has 0 saturated heterocycles. The molecule has 0 spiro atoms. The van der Waals surface area contributed by atoms with Crippen molar-refractivity contribution in [2.45, 2.75) is 168 Å². The molecule has 0 aromatic heterocycles. The Labute approximate surface area is 229 Å². The molecule has 0 N–H and O–H groups in total. The number of unbranched alkanes of at least 4 members (excludes halogenated alkanes) is 4. The van der Waals surface area contributed by atoms with E-state index in [0.29, 0.717) is 46.3 Å². The molecular weight excluding hydrogens is 480 g/mol. The molecule has 0 saturated carbocycles. The minimum absolute atomic E-state index is 0.439. The average Bonchev–Trinajstić information content (AvgIpc) is 2.89. The Morgan fingerprint density at radius 1 is 0.472 bits per heavy atom. The number of hydrogen-bond donors (Lipinski definition) is 0. The van der Waals surface area contributed by atoms with E-state index in [4.69, 9.17) is 6.64 Å². The van der Waals surface area contributed by atoms with Crippen LogP contribution in [-0.2, 0) is 26.0 Å². The van der Waals surface area contributed by atoms with Crippen molar-refractivity contribution in [2.75, 3.05) is 13.2 Å². The van der Waals surface area contributed by atoms with Gasteiger partial charge in [-0.1, -0.05) is 0 Å². The molecule has 0 aliphatic carbocycles. The summed E-state index contributed by atoms with van der Waals surface area (Å²) in [7, 11) is 0. The third-order valence-corrected chi connectivity index (χ3v) is 15.6. The molecule has 36 heavy (non-hydrogen) atoms. The topological polar surface area (TPSA) is 35.5 Å². The molecule has 4 heteroatoms. The average molecular weight is 549 g/mol. The minimum atomic E-state index is -4.96. The molecule has 0 aromatic carbocycles. The first-order chi connectivity index (χ1) is 17.3. The van der Waals surface area contributed by atoms with E-state index in [1.165, 1.54) is 64.2 Å². The third kappa shape index (κ3) is 15.1. The quantitative estimate of drug-likeness (QED) is 0.101. The number of hydrogen-bond acceptors (Lipinski definition) is 3. The van der Waals surface area contributed by atoms with Crippen molar-refractivity contribution >= 4 is 0 Å². The molecule has 0 bridgehead atoms. The SMILES string of the molecule is CCCCC(CC)C[O][Ti](=[O])([CH2]C(CC)CCCC)([CH2]C(CC)CCCC)[O]CC(CC)CCCC. The predicted molar refractivity (Wildman–Crippen MR) is 155 cm³/mol. The van der Waals surface area contributed by atoms with E-state index in [0.717, 1.165) is 38.5 Å². The first-order valence-electron chi connectivity index (χ1n) is 16.5. The van der Waals surface area contributed by atoms with E-state index in [-0.39, 0.29) is 0 Å². The predicted octanol–water partition coefficient (Wildman–Crippen LogP) is 11.6. The van der Waals surface area contributed by atoms with Gasteiger partial charge < -0.3 is 0 Å². The fourth-order valence-electron chi connectivity index (χ4n) is 5.77. The molecule has 0 aromatic rings. The van der Waals surface area contributed by atoms with Crippen molar-refractivity contribution in [3.63, 3.8) is 0 Å². The zero-order chi connectivity index (χ0) is 27.3. The van der Waals surface area contributed by atoms with E-state index in [1.807, 2.05) is 0 Å². The zero-order valence-corrected chi connectivity index (χ0v) is 27.7. The van der Waals surface area contributed by atoms with Gasteiger partial charge in [-0.05, 0) is 0 Å². The first kappa shape index (κ1) is 36.4.